The van der Waals surface area contributed by atoms with Crippen molar-refractivity contribution in [2.45, 2.75) is 18.9 Å². The summed E-state index contributed by atoms with van der Waals surface area (Å²) in [6, 6.07) is 1.96. The topological polar surface area (TPSA) is 75.1 Å². The number of rotatable bonds is 2. The average Bonchev–Trinajstić information content (AvgIpc) is 2.30. The Morgan fingerprint density at radius 2 is 2.40 bits per heavy atom. The molecule has 2 N–H and O–H groups in total. The smallest absolute Gasteiger partial charge is 0.306 e. The highest BCUT2D eigenvalue weighted by molar-refractivity contribution is 5.70. The summed E-state index contributed by atoms with van der Waals surface area (Å²) in [4.78, 5) is 10.9. The SMILES string of the molecule is O=C(O)C1CCNC(c2ccnnc2)C1. The monoisotopic (exact) mass is 207 g/mol. The molecule has 0 aromatic carbocycles. The first-order chi connectivity index (χ1) is 7.27. The second kappa shape index (κ2) is 4.35. The van der Waals surface area contributed by atoms with E-state index in [0.29, 0.717) is 12.8 Å². The van der Waals surface area contributed by atoms with Crippen LogP contribution in [0, 0.1) is 5.92 Å². The third-order valence-electron chi connectivity index (χ3n) is 2.76. The number of carbonyl (C=O) groups is 1. The lowest BCUT2D eigenvalue weighted by Gasteiger charge is -2.27. The molecule has 15 heavy (non-hydrogen) atoms. The lowest BCUT2D eigenvalue weighted by Crippen LogP contribution is -2.34. The summed E-state index contributed by atoms with van der Waals surface area (Å²) in [6.45, 7) is 0.740. The molecule has 2 heterocycles. The zero-order chi connectivity index (χ0) is 10.7. The number of aliphatic carboxylic acids is 1. The number of carboxylic acids is 1. The van der Waals surface area contributed by atoms with Crippen LogP contribution < -0.4 is 5.32 Å². The average molecular weight is 207 g/mol. The van der Waals surface area contributed by atoms with Crippen LogP contribution in [0.2, 0.25) is 0 Å². The molecular formula is C10H13N3O2. The van der Waals surface area contributed by atoms with Gasteiger partial charge < -0.3 is 10.4 Å². The molecule has 0 bridgehead atoms. The predicted octanol–water partition coefficient (Wildman–Crippen LogP) is 0.602. The number of piperidine rings is 1. The highest BCUT2D eigenvalue weighted by Gasteiger charge is 2.27. The molecule has 0 amide bonds. The summed E-state index contributed by atoms with van der Waals surface area (Å²) >= 11 is 0. The van der Waals surface area contributed by atoms with Crippen molar-refractivity contribution in [1.82, 2.24) is 15.5 Å². The third kappa shape index (κ3) is 2.30. The van der Waals surface area contributed by atoms with Crippen LogP contribution in [0.1, 0.15) is 24.4 Å². The first kappa shape index (κ1) is 10.0. The van der Waals surface area contributed by atoms with Crippen LogP contribution in [0.15, 0.2) is 18.5 Å². The Labute approximate surface area is 87.5 Å². The molecule has 0 radical (unpaired) electrons. The fourth-order valence-electron chi connectivity index (χ4n) is 1.90. The Morgan fingerprint density at radius 1 is 1.53 bits per heavy atom. The first-order valence-corrected chi connectivity index (χ1v) is 5.00. The highest BCUT2D eigenvalue weighted by Crippen LogP contribution is 2.26. The molecule has 0 saturated carbocycles. The Kier molecular flexibility index (Phi) is 2.91. The van der Waals surface area contributed by atoms with Gasteiger partial charge in [-0.3, -0.25) is 4.79 Å². The van der Waals surface area contributed by atoms with Crippen LogP contribution in [0.25, 0.3) is 0 Å². The van der Waals surface area contributed by atoms with Gasteiger partial charge in [0.25, 0.3) is 0 Å². The van der Waals surface area contributed by atoms with Crippen LogP contribution in [0.4, 0.5) is 0 Å². The zero-order valence-electron chi connectivity index (χ0n) is 8.26. The van der Waals surface area contributed by atoms with Gasteiger partial charge in [-0.05, 0) is 31.0 Å². The standard InChI is InChI=1S/C10H13N3O2/c14-10(15)7-1-3-11-9(5-7)8-2-4-12-13-6-8/h2,4,6-7,9,11H,1,3,5H2,(H,14,15). The van der Waals surface area contributed by atoms with Crippen molar-refractivity contribution in [3.05, 3.63) is 24.0 Å². The fraction of sp³-hybridized carbons (Fsp3) is 0.500. The van der Waals surface area contributed by atoms with Crippen LogP contribution in [-0.2, 0) is 4.79 Å². The fourth-order valence-corrected chi connectivity index (χ4v) is 1.90. The van der Waals surface area contributed by atoms with E-state index in [1.54, 1.807) is 12.4 Å². The normalized spacial score (nSPS) is 26.1. The maximum atomic E-state index is 10.9. The van der Waals surface area contributed by atoms with Crippen molar-refractivity contribution >= 4 is 5.97 Å². The van der Waals surface area contributed by atoms with Gasteiger partial charge in [0.1, 0.15) is 0 Å². The molecule has 1 aliphatic heterocycles. The van der Waals surface area contributed by atoms with Crippen molar-refractivity contribution in [1.29, 1.82) is 0 Å². The van der Waals surface area contributed by atoms with Gasteiger partial charge in [-0.2, -0.15) is 10.2 Å². The molecule has 0 aliphatic carbocycles. The van der Waals surface area contributed by atoms with Gasteiger partial charge in [0.2, 0.25) is 0 Å². The van der Waals surface area contributed by atoms with Gasteiger partial charge in [-0.1, -0.05) is 0 Å². The highest BCUT2D eigenvalue weighted by atomic mass is 16.4. The summed E-state index contributed by atoms with van der Waals surface area (Å²) in [6.07, 6.45) is 4.63. The number of aromatic nitrogens is 2. The van der Waals surface area contributed by atoms with Crippen LogP contribution >= 0.6 is 0 Å². The minimum absolute atomic E-state index is 0.0929. The van der Waals surface area contributed by atoms with Crippen molar-refractivity contribution < 1.29 is 9.90 Å². The predicted molar refractivity (Wildman–Crippen MR) is 53.1 cm³/mol. The van der Waals surface area contributed by atoms with E-state index >= 15 is 0 Å². The summed E-state index contributed by atoms with van der Waals surface area (Å²) in [5.74, 6) is -0.951. The molecule has 5 heteroatoms. The lowest BCUT2D eigenvalue weighted by atomic mass is 9.90. The van der Waals surface area contributed by atoms with Crippen molar-refractivity contribution in [2.24, 2.45) is 5.92 Å². The largest absolute Gasteiger partial charge is 0.481 e. The summed E-state index contributed by atoms with van der Waals surface area (Å²) in [5.41, 5.74) is 1.01. The molecule has 2 atom stereocenters. The van der Waals surface area contributed by atoms with Gasteiger partial charge in [0.05, 0.1) is 12.1 Å². The minimum atomic E-state index is -0.705. The van der Waals surface area contributed by atoms with Gasteiger partial charge in [-0.15, -0.1) is 0 Å². The molecule has 1 saturated heterocycles. The molecule has 1 aliphatic rings. The molecule has 80 valence electrons. The minimum Gasteiger partial charge on any atom is -0.481 e. The maximum absolute atomic E-state index is 10.9. The van der Waals surface area contributed by atoms with Crippen LogP contribution in [-0.4, -0.2) is 27.8 Å². The summed E-state index contributed by atoms with van der Waals surface area (Å²) in [7, 11) is 0. The van der Waals surface area contributed by atoms with Crippen molar-refractivity contribution in [2.75, 3.05) is 6.54 Å². The van der Waals surface area contributed by atoms with Gasteiger partial charge >= 0.3 is 5.97 Å². The Balaban J connectivity index is 2.08. The number of nitrogens with one attached hydrogen (secondary N) is 1. The summed E-state index contributed by atoms with van der Waals surface area (Å²) < 4.78 is 0. The van der Waals surface area contributed by atoms with E-state index in [2.05, 4.69) is 15.5 Å². The Bertz CT molecular complexity index is 342. The first-order valence-electron chi connectivity index (χ1n) is 5.00. The second-order valence-corrected chi connectivity index (χ2v) is 3.74. The van der Waals surface area contributed by atoms with Gasteiger partial charge in [0, 0.05) is 12.2 Å². The van der Waals surface area contributed by atoms with E-state index in [9.17, 15) is 4.79 Å². The molecule has 2 rings (SSSR count). The third-order valence-corrected chi connectivity index (χ3v) is 2.76. The number of hydrogen-bond acceptors (Lipinski definition) is 4. The molecular weight excluding hydrogens is 194 g/mol. The number of nitrogens with zero attached hydrogens (tertiary/aromatic N) is 2. The molecule has 1 aromatic heterocycles. The summed E-state index contributed by atoms with van der Waals surface area (Å²) in [5, 5.41) is 19.7. The van der Waals surface area contributed by atoms with Crippen molar-refractivity contribution in [3.8, 4) is 0 Å². The molecule has 2 unspecified atom stereocenters. The Hall–Kier alpha value is -1.49. The van der Waals surface area contributed by atoms with E-state index in [1.165, 1.54) is 0 Å². The second-order valence-electron chi connectivity index (χ2n) is 3.74. The molecule has 0 spiro atoms. The van der Waals surface area contributed by atoms with Gasteiger partial charge in [-0.25, -0.2) is 0 Å². The number of carboxylic acid groups (broad SMARTS) is 1. The lowest BCUT2D eigenvalue weighted by molar-refractivity contribution is -0.143. The molecule has 1 aromatic rings. The van der Waals surface area contributed by atoms with E-state index in [0.717, 1.165) is 12.1 Å². The number of hydrogen-bond donors (Lipinski definition) is 2. The van der Waals surface area contributed by atoms with Gasteiger partial charge in [0.15, 0.2) is 0 Å². The maximum Gasteiger partial charge on any atom is 0.306 e. The van der Waals surface area contributed by atoms with E-state index in [4.69, 9.17) is 5.11 Å². The van der Waals surface area contributed by atoms with E-state index in [1.807, 2.05) is 6.07 Å². The van der Waals surface area contributed by atoms with Crippen molar-refractivity contribution in [3.63, 3.8) is 0 Å². The quantitative estimate of drug-likeness (QED) is 0.742. The van der Waals surface area contributed by atoms with E-state index in [-0.39, 0.29) is 12.0 Å². The molecule has 5 nitrogen and oxygen atoms in total. The molecule has 1 fully saturated rings. The van der Waals surface area contributed by atoms with Crippen LogP contribution in [0.3, 0.4) is 0 Å². The van der Waals surface area contributed by atoms with Crippen LogP contribution in [0.5, 0.6) is 0 Å². The Morgan fingerprint density at radius 3 is 3.07 bits per heavy atom. The zero-order valence-corrected chi connectivity index (χ0v) is 8.26. The van der Waals surface area contributed by atoms with E-state index < -0.39 is 5.97 Å².